The highest BCUT2D eigenvalue weighted by Crippen LogP contribution is 2.28. The molecule has 160 valence electrons. The highest BCUT2D eigenvalue weighted by molar-refractivity contribution is 7.71. The summed E-state index contributed by atoms with van der Waals surface area (Å²) in [6, 6.07) is 12.9. The molecule has 0 atom stereocenters. The average molecular weight is 433 g/mol. The number of imidazole rings is 1. The monoisotopic (exact) mass is 432 g/mol. The second-order valence-electron chi connectivity index (χ2n) is 8.17. The van der Waals surface area contributed by atoms with E-state index in [4.69, 9.17) is 12.2 Å². The third-order valence-electron chi connectivity index (χ3n) is 6.23. The van der Waals surface area contributed by atoms with Gasteiger partial charge in [0.15, 0.2) is 4.77 Å². The third-order valence-corrected chi connectivity index (χ3v) is 6.55. The molecule has 1 fully saturated rings. The molecule has 0 spiro atoms. The largest absolute Gasteiger partial charge is 0.371 e. The molecule has 7 heteroatoms. The maximum Gasteiger partial charge on any atom is 0.178 e. The van der Waals surface area contributed by atoms with Gasteiger partial charge in [-0.05, 0) is 55.7 Å². The van der Waals surface area contributed by atoms with Crippen LogP contribution in [0.1, 0.15) is 38.2 Å². The number of nitrogens with one attached hydrogen (secondary N) is 2. The number of aromatic nitrogens is 4. The maximum absolute atomic E-state index is 5.48. The van der Waals surface area contributed by atoms with E-state index in [0.29, 0.717) is 0 Å². The van der Waals surface area contributed by atoms with Gasteiger partial charge in [0.05, 0.1) is 16.6 Å². The van der Waals surface area contributed by atoms with E-state index in [-0.39, 0.29) is 0 Å². The average Bonchev–Trinajstić information content (AvgIpc) is 2.95. The first-order valence-corrected chi connectivity index (χ1v) is 11.6. The second-order valence-corrected chi connectivity index (χ2v) is 8.55. The molecule has 1 aliphatic heterocycles. The Morgan fingerprint density at radius 2 is 1.87 bits per heavy atom. The minimum Gasteiger partial charge on any atom is -0.371 e. The predicted octanol–water partition coefficient (Wildman–Crippen LogP) is 5.65. The van der Waals surface area contributed by atoms with E-state index in [1.54, 1.807) is 6.33 Å². The van der Waals surface area contributed by atoms with E-state index < -0.39 is 0 Å². The molecule has 1 aliphatic rings. The molecule has 2 aromatic carbocycles. The molecule has 2 N–H and O–H groups in total. The zero-order chi connectivity index (χ0) is 21.2. The van der Waals surface area contributed by atoms with Crippen molar-refractivity contribution < 1.29 is 0 Å². The number of nitrogens with zero attached hydrogens (tertiary/aromatic N) is 4. The molecule has 0 aliphatic carbocycles. The summed E-state index contributed by atoms with van der Waals surface area (Å²) >= 11 is 5.48. The first-order valence-electron chi connectivity index (χ1n) is 11.2. The fourth-order valence-electron chi connectivity index (χ4n) is 4.62. The smallest absolute Gasteiger partial charge is 0.178 e. The standard InChI is InChI=1S/C24H28N6S/c1-2-30-22-14-19-18(13-20(22)28-24(30)31)23(27-16-26-19)25-15-17-9-5-6-10-21(17)29-11-7-3-4-8-12-29/h5-6,9-10,13-14,16H,2-4,7-8,11-12,15H2,1H3,(H,28,31)(H,25,26,27). The van der Waals surface area contributed by atoms with Crippen molar-refractivity contribution >= 4 is 45.7 Å². The lowest BCUT2D eigenvalue weighted by Gasteiger charge is -2.25. The number of H-pyrrole nitrogens is 1. The van der Waals surface area contributed by atoms with E-state index in [2.05, 4.69) is 73.1 Å². The number of benzene rings is 2. The van der Waals surface area contributed by atoms with Crippen molar-refractivity contribution in [2.24, 2.45) is 0 Å². The molecule has 0 saturated carbocycles. The van der Waals surface area contributed by atoms with E-state index in [1.165, 1.54) is 36.9 Å². The lowest BCUT2D eigenvalue weighted by molar-refractivity contribution is 0.726. The summed E-state index contributed by atoms with van der Waals surface area (Å²) < 4.78 is 2.83. The van der Waals surface area contributed by atoms with Crippen molar-refractivity contribution in [1.29, 1.82) is 0 Å². The second kappa shape index (κ2) is 8.67. The van der Waals surface area contributed by atoms with Crippen molar-refractivity contribution in [1.82, 2.24) is 19.5 Å². The summed E-state index contributed by atoms with van der Waals surface area (Å²) in [6.07, 6.45) is 6.84. The summed E-state index contributed by atoms with van der Waals surface area (Å²) in [5.74, 6) is 0.848. The Bertz CT molecular complexity index is 1270. The molecule has 0 amide bonds. The van der Waals surface area contributed by atoms with Gasteiger partial charge < -0.3 is 19.8 Å². The van der Waals surface area contributed by atoms with Crippen LogP contribution in [0.15, 0.2) is 42.7 Å². The third kappa shape index (κ3) is 3.90. The normalized spacial score (nSPS) is 14.8. The van der Waals surface area contributed by atoms with E-state index in [0.717, 1.165) is 58.7 Å². The minimum atomic E-state index is 0.725. The Morgan fingerprint density at radius 1 is 1.06 bits per heavy atom. The number of anilines is 2. The number of fused-ring (bicyclic) bond motifs is 2. The molecule has 1 saturated heterocycles. The lowest BCUT2D eigenvalue weighted by Crippen LogP contribution is -2.25. The van der Waals surface area contributed by atoms with Gasteiger partial charge in [-0.2, -0.15) is 0 Å². The molecule has 5 rings (SSSR count). The number of aromatic amines is 1. The molecular weight excluding hydrogens is 404 g/mol. The summed E-state index contributed by atoms with van der Waals surface area (Å²) in [4.78, 5) is 14.9. The lowest BCUT2D eigenvalue weighted by atomic mass is 10.1. The highest BCUT2D eigenvalue weighted by Gasteiger charge is 2.14. The SMILES string of the molecule is CCn1c(=S)[nH]c2cc3c(NCc4ccccc4N4CCCCCC4)ncnc3cc21. The number of hydrogen-bond donors (Lipinski definition) is 2. The topological polar surface area (TPSA) is 61.8 Å². The predicted molar refractivity (Wildman–Crippen MR) is 130 cm³/mol. The number of para-hydroxylation sites is 1. The van der Waals surface area contributed by atoms with Crippen LogP contribution < -0.4 is 10.2 Å². The van der Waals surface area contributed by atoms with Crippen LogP contribution in [0, 0.1) is 4.77 Å². The fourth-order valence-corrected chi connectivity index (χ4v) is 4.96. The fraction of sp³-hybridized carbons (Fsp3) is 0.375. The van der Waals surface area contributed by atoms with Crippen LogP contribution in [0.3, 0.4) is 0 Å². The quantitative estimate of drug-likeness (QED) is 0.399. The van der Waals surface area contributed by atoms with Crippen molar-refractivity contribution in [3.8, 4) is 0 Å². The van der Waals surface area contributed by atoms with Crippen LogP contribution in [0.25, 0.3) is 21.9 Å². The highest BCUT2D eigenvalue weighted by atomic mass is 32.1. The zero-order valence-electron chi connectivity index (χ0n) is 17.9. The molecular formula is C24H28N6S. The summed E-state index contributed by atoms with van der Waals surface area (Å²) in [6.45, 7) is 5.93. The number of aryl methyl sites for hydroxylation is 1. The van der Waals surface area contributed by atoms with Crippen molar-refractivity contribution in [2.75, 3.05) is 23.3 Å². The van der Waals surface area contributed by atoms with Crippen LogP contribution in [0.2, 0.25) is 0 Å². The summed E-state index contributed by atoms with van der Waals surface area (Å²) in [5.41, 5.74) is 5.65. The Balaban J connectivity index is 1.46. The molecule has 0 bridgehead atoms. The van der Waals surface area contributed by atoms with Gasteiger partial charge in [-0.15, -0.1) is 0 Å². The Morgan fingerprint density at radius 3 is 2.68 bits per heavy atom. The van der Waals surface area contributed by atoms with Crippen LogP contribution in [-0.2, 0) is 13.1 Å². The molecule has 0 radical (unpaired) electrons. The zero-order valence-corrected chi connectivity index (χ0v) is 18.7. The Hall–Kier alpha value is -2.93. The van der Waals surface area contributed by atoms with Crippen LogP contribution in [0.5, 0.6) is 0 Å². The van der Waals surface area contributed by atoms with E-state index in [9.17, 15) is 0 Å². The Kier molecular flexibility index (Phi) is 5.59. The van der Waals surface area contributed by atoms with Crippen molar-refractivity contribution in [3.63, 3.8) is 0 Å². The number of hydrogen-bond acceptors (Lipinski definition) is 5. The van der Waals surface area contributed by atoms with Crippen LogP contribution in [-0.4, -0.2) is 32.6 Å². The van der Waals surface area contributed by atoms with Crippen LogP contribution in [0.4, 0.5) is 11.5 Å². The molecule has 31 heavy (non-hydrogen) atoms. The van der Waals surface area contributed by atoms with E-state index >= 15 is 0 Å². The van der Waals surface area contributed by atoms with Crippen molar-refractivity contribution in [2.45, 2.75) is 45.7 Å². The molecule has 6 nitrogen and oxygen atoms in total. The first-order chi connectivity index (χ1) is 15.2. The molecule has 4 aromatic rings. The van der Waals surface area contributed by atoms with Gasteiger partial charge in [0.1, 0.15) is 12.1 Å². The maximum atomic E-state index is 5.48. The Labute approximate surface area is 187 Å². The van der Waals surface area contributed by atoms with Gasteiger partial charge in [0.25, 0.3) is 0 Å². The summed E-state index contributed by atoms with van der Waals surface area (Å²) in [5, 5.41) is 4.58. The van der Waals surface area contributed by atoms with Gasteiger partial charge in [0.2, 0.25) is 0 Å². The molecule has 0 unspecified atom stereocenters. The van der Waals surface area contributed by atoms with Gasteiger partial charge in [-0.3, -0.25) is 0 Å². The van der Waals surface area contributed by atoms with Gasteiger partial charge in [-0.25, -0.2) is 9.97 Å². The van der Waals surface area contributed by atoms with E-state index in [1.807, 2.05) is 0 Å². The molecule has 2 aromatic heterocycles. The number of rotatable bonds is 5. The minimum absolute atomic E-state index is 0.725. The van der Waals surface area contributed by atoms with Gasteiger partial charge >= 0.3 is 0 Å². The first kappa shape index (κ1) is 20.0. The molecule has 3 heterocycles. The van der Waals surface area contributed by atoms with Gasteiger partial charge in [0, 0.05) is 37.3 Å². The van der Waals surface area contributed by atoms with Gasteiger partial charge in [-0.1, -0.05) is 31.0 Å². The van der Waals surface area contributed by atoms with Crippen molar-refractivity contribution in [3.05, 3.63) is 53.1 Å². The summed E-state index contributed by atoms with van der Waals surface area (Å²) in [7, 11) is 0. The van der Waals surface area contributed by atoms with Crippen LogP contribution >= 0.6 is 12.2 Å².